The maximum Gasteiger partial charge on any atom is 0.250 e. The molecular formula is C29H25N5O3S. The molecule has 0 aliphatic carbocycles. The fraction of sp³-hybridized carbons (Fsp3) is 0.103. The summed E-state index contributed by atoms with van der Waals surface area (Å²) in [5.41, 5.74) is 5.26. The van der Waals surface area contributed by atoms with Crippen molar-refractivity contribution in [2.45, 2.75) is 5.16 Å². The van der Waals surface area contributed by atoms with E-state index in [1.165, 1.54) is 11.8 Å². The van der Waals surface area contributed by atoms with Crippen molar-refractivity contribution in [3.05, 3.63) is 96.6 Å². The number of nitrogens with one attached hydrogen (secondary N) is 1. The predicted octanol–water partition coefficient (Wildman–Crippen LogP) is 5.35. The molecule has 38 heavy (non-hydrogen) atoms. The van der Waals surface area contributed by atoms with Crippen molar-refractivity contribution in [2.24, 2.45) is 5.10 Å². The molecule has 0 aliphatic rings. The third-order valence-electron chi connectivity index (χ3n) is 5.86. The molecule has 0 aliphatic heterocycles. The third-order valence-corrected chi connectivity index (χ3v) is 6.79. The lowest BCUT2D eigenvalue weighted by Gasteiger charge is -2.11. The van der Waals surface area contributed by atoms with Crippen molar-refractivity contribution in [1.29, 1.82) is 0 Å². The number of nitrogens with zero attached hydrogens (tertiary/aromatic N) is 4. The highest BCUT2D eigenvalue weighted by atomic mass is 32.2. The fourth-order valence-corrected chi connectivity index (χ4v) is 4.70. The number of amides is 1. The summed E-state index contributed by atoms with van der Waals surface area (Å²) in [6.07, 6.45) is 1.66. The zero-order valence-corrected chi connectivity index (χ0v) is 21.7. The monoisotopic (exact) mass is 523 g/mol. The van der Waals surface area contributed by atoms with Crippen LogP contribution < -0.4 is 14.9 Å². The van der Waals surface area contributed by atoms with Crippen molar-refractivity contribution in [3.8, 4) is 28.6 Å². The Morgan fingerprint density at radius 1 is 0.895 bits per heavy atom. The Morgan fingerprint density at radius 2 is 1.58 bits per heavy atom. The highest BCUT2D eigenvalue weighted by Gasteiger charge is 2.17. The fourth-order valence-electron chi connectivity index (χ4n) is 3.95. The third kappa shape index (κ3) is 5.52. The first-order valence-electron chi connectivity index (χ1n) is 11.8. The van der Waals surface area contributed by atoms with Crippen LogP contribution in [0.1, 0.15) is 5.56 Å². The minimum atomic E-state index is -0.248. The van der Waals surface area contributed by atoms with Crippen LogP contribution in [0.25, 0.3) is 27.8 Å². The number of carbonyl (C=O) groups is 1. The minimum absolute atomic E-state index is 0.115. The first kappa shape index (κ1) is 25.0. The molecule has 1 heterocycles. The van der Waals surface area contributed by atoms with Crippen molar-refractivity contribution < 1.29 is 14.3 Å². The summed E-state index contributed by atoms with van der Waals surface area (Å²) in [5.74, 6) is 2.01. The summed E-state index contributed by atoms with van der Waals surface area (Å²) < 4.78 is 12.5. The summed E-state index contributed by atoms with van der Waals surface area (Å²) in [6.45, 7) is 0. The van der Waals surface area contributed by atoms with Gasteiger partial charge in [-0.25, -0.2) is 5.43 Å². The molecule has 0 unspecified atom stereocenters. The second-order valence-electron chi connectivity index (χ2n) is 8.22. The summed E-state index contributed by atoms with van der Waals surface area (Å²) in [5, 5.41) is 15.7. The van der Waals surface area contributed by atoms with E-state index >= 15 is 0 Å². The molecule has 5 aromatic rings. The van der Waals surface area contributed by atoms with E-state index in [-0.39, 0.29) is 11.7 Å². The van der Waals surface area contributed by atoms with E-state index in [2.05, 4.69) is 20.7 Å². The second-order valence-corrected chi connectivity index (χ2v) is 9.16. The Hall–Kier alpha value is -4.63. The van der Waals surface area contributed by atoms with Crippen LogP contribution in [0, 0.1) is 0 Å². The molecule has 1 amide bonds. The highest BCUT2D eigenvalue weighted by Crippen LogP contribution is 2.29. The standard InChI is InChI=1S/C29H25N5O3S/c1-36-24-14-10-21(11-15-24)28-32-33-29(34(28)23-12-16-25(37-2)17-13-23)38-19-27(35)31-30-18-22-8-5-7-20-6-3-4-9-26(20)22/h3-18H,19H2,1-2H3,(H,31,35)/b30-18-. The van der Waals surface area contributed by atoms with Gasteiger partial charge in [0.05, 0.1) is 26.2 Å². The lowest BCUT2D eigenvalue weighted by molar-refractivity contribution is -0.118. The number of ether oxygens (including phenoxy) is 2. The second kappa shape index (κ2) is 11.6. The normalized spacial score (nSPS) is 11.1. The van der Waals surface area contributed by atoms with Crippen LogP contribution in [0.3, 0.4) is 0 Å². The zero-order valence-electron chi connectivity index (χ0n) is 20.9. The molecule has 1 N–H and O–H groups in total. The van der Waals surface area contributed by atoms with Gasteiger partial charge in [-0.3, -0.25) is 9.36 Å². The number of hydrogen-bond acceptors (Lipinski definition) is 7. The van der Waals surface area contributed by atoms with Gasteiger partial charge in [0.25, 0.3) is 5.91 Å². The van der Waals surface area contributed by atoms with Gasteiger partial charge in [0.2, 0.25) is 0 Å². The van der Waals surface area contributed by atoms with Crippen molar-refractivity contribution in [1.82, 2.24) is 20.2 Å². The van der Waals surface area contributed by atoms with Gasteiger partial charge in [-0.1, -0.05) is 54.2 Å². The first-order chi connectivity index (χ1) is 18.7. The van der Waals surface area contributed by atoms with E-state index in [1.807, 2.05) is 95.6 Å². The number of methoxy groups -OCH3 is 2. The van der Waals surface area contributed by atoms with Crippen LogP contribution in [0.15, 0.2) is 101 Å². The maximum absolute atomic E-state index is 12.6. The summed E-state index contributed by atoms with van der Waals surface area (Å²) in [6, 6.07) is 29.2. The lowest BCUT2D eigenvalue weighted by atomic mass is 10.1. The molecule has 0 fully saturated rings. The van der Waals surface area contributed by atoms with Gasteiger partial charge in [-0.05, 0) is 59.3 Å². The van der Waals surface area contributed by atoms with Crippen LogP contribution in [0.4, 0.5) is 0 Å². The summed E-state index contributed by atoms with van der Waals surface area (Å²) in [4.78, 5) is 12.6. The van der Waals surface area contributed by atoms with Crippen molar-refractivity contribution in [3.63, 3.8) is 0 Å². The Balaban J connectivity index is 1.34. The molecule has 0 radical (unpaired) electrons. The minimum Gasteiger partial charge on any atom is -0.497 e. The average molecular weight is 524 g/mol. The number of carbonyl (C=O) groups excluding carboxylic acids is 1. The van der Waals surface area contributed by atoms with E-state index in [0.29, 0.717) is 11.0 Å². The van der Waals surface area contributed by atoms with Crippen LogP contribution in [0.5, 0.6) is 11.5 Å². The van der Waals surface area contributed by atoms with Gasteiger partial charge in [-0.2, -0.15) is 5.10 Å². The van der Waals surface area contributed by atoms with E-state index in [4.69, 9.17) is 9.47 Å². The first-order valence-corrected chi connectivity index (χ1v) is 12.8. The maximum atomic E-state index is 12.6. The van der Waals surface area contributed by atoms with E-state index in [0.717, 1.165) is 39.1 Å². The number of aromatic nitrogens is 3. The number of fused-ring (bicyclic) bond motifs is 1. The smallest absolute Gasteiger partial charge is 0.250 e. The molecule has 0 saturated heterocycles. The quantitative estimate of drug-likeness (QED) is 0.159. The SMILES string of the molecule is COc1ccc(-c2nnc(SCC(=O)N/N=C\c3cccc4ccccc34)n2-c2ccc(OC)cc2)cc1. The number of benzene rings is 4. The molecule has 0 bridgehead atoms. The molecular weight excluding hydrogens is 498 g/mol. The van der Waals surface area contributed by atoms with Crippen LogP contribution in [-0.2, 0) is 4.79 Å². The number of hydrogen-bond donors (Lipinski definition) is 1. The van der Waals surface area contributed by atoms with Gasteiger partial charge in [-0.15, -0.1) is 10.2 Å². The molecule has 5 rings (SSSR count). The van der Waals surface area contributed by atoms with Crippen LogP contribution >= 0.6 is 11.8 Å². The zero-order chi connectivity index (χ0) is 26.3. The topological polar surface area (TPSA) is 90.6 Å². The van der Waals surface area contributed by atoms with Gasteiger partial charge >= 0.3 is 0 Å². The number of thioether (sulfide) groups is 1. The average Bonchev–Trinajstić information content (AvgIpc) is 3.40. The lowest BCUT2D eigenvalue weighted by Crippen LogP contribution is -2.20. The number of rotatable bonds is 9. The van der Waals surface area contributed by atoms with Crippen LogP contribution in [0.2, 0.25) is 0 Å². The van der Waals surface area contributed by atoms with E-state index < -0.39 is 0 Å². The molecule has 0 spiro atoms. The van der Waals surface area contributed by atoms with Gasteiger partial charge in [0.1, 0.15) is 11.5 Å². The summed E-state index contributed by atoms with van der Waals surface area (Å²) in [7, 11) is 3.25. The Labute approximate surface area is 224 Å². The van der Waals surface area contributed by atoms with E-state index in [9.17, 15) is 4.79 Å². The highest BCUT2D eigenvalue weighted by molar-refractivity contribution is 7.99. The molecule has 8 nitrogen and oxygen atoms in total. The molecule has 1 aromatic heterocycles. The molecule has 190 valence electrons. The number of hydrazone groups is 1. The van der Waals surface area contributed by atoms with Crippen molar-refractivity contribution in [2.75, 3.05) is 20.0 Å². The van der Waals surface area contributed by atoms with E-state index in [1.54, 1.807) is 20.4 Å². The molecule has 4 aromatic carbocycles. The van der Waals surface area contributed by atoms with Gasteiger partial charge in [0, 0.05) is 16.8 Å². The Bertz CT molecular complexity index is 1580. The largest absolute Gasteiger partial charge is 0.497 e. The Morgan fingerprint density at radius 3 is 2.32 bits per heavy atom. The predicted molar refractivity (Wildman–Crippen MR) is 150 cm³/mol. The van der Waals surface area contributed by atoms with Crippen molar-refractivity contribution >= 4 is 34.7 Å². The van der Waals surface area contributed by atoms with Gasteiger partial charge in [0.15, 0.2) is 11.0 Å². The van der Waals surface area contributed by atoms with Crippen LogP contribution in [-0.4, -0.2) is 46.9 Å². The molecule has 0 atom stereocenters. The van der Waals surface area contributed by atoms with Gasteiger partial charge < -0.3 is 9.47 Å². The molecule has 0 saturated carbocycles. The molecule has 9 heteroatoms. The Kier molecular flexibility index (Phi) is 7.65. The summed E-state index contributed by atoms with van der Waals surface area (Å²) >= 11 is 1.28.